The van der Waals surface area contributed by atoms with Crippen molar-refractivity contribution in [2.24, 2.45) is 5.92 Å². The van der Waals surface area contributed by atoms with Crippen LogP contribution in [0.5, 0.6) is 0 Å². The standard InChI is InChI=1S/C18H22N4O2/c1-11(2)10-15(18(23)24)21-16-12-6-5-8-13(12)20-17(22-16)14-7-3-4-9-19-14/h3-4,7,9,11,15H,5-6,8,10H2,1-2H3,(H,23,24)(H,20,21,22)/t15-/m1/s1. The number of carboxylic acid groups (broad SMARTS) is 1. The quantitative estimate of drug-likeness (QED) is 0.848. The molecule has 0 aromatic carbocycles. The molecule has 0 amide bonds. The topological polar surface area (TPSA) is 88.0 Å². The van der Waals surface area contributed by atoms with Crippen molar-refractivity contribution < 1.29 is 9.90 Å². The van der Waals surface area contributed by atoms with Crippen LogP contribution < -0.4 is 5.32 Å². The van der Waals surface area contributed by atoms with E-state index in [-0.39, 0.29) is 5.92 Å². The summed E-state index contributed by atoms with van der Waals surface area (Å²) >= 11 is 0. The van der Waals surface area contributed by atoms with Gasteiger partial charge in [-0.15, -0.1) is 0 Å². The Balaban J connectivity index is 1.97. The molecule has 0 saturated heterocycles. The number of anilines is 1. The van der Waals surface area contributed by atoms with Crippen molar-refractivity contribution in [2.75, 3.05) is 5.32 Å². The molecule has 0 aliphatic heterocycles. The van der Waals surface area contributed by atoms with E-state index < -0.39 is 12.0 Å². The Morgan fingerprint density at radius 1 is 1.29 bits per heavy atom. The number of nitrogens with zero attached hydrogens (tertiary/aromatic N) is 3. The molecule has 3 rings (SSSR count). The minimum Gasteiger partial charge on any atom is -0.480 e. The largest absolute Gasteiger partial charge is 0.480 e. The molecule has 2 heterocycles. The van der Waals surface area contributed by atoms with Gasteiger partial charge < -0.3 is 10.4 Å². The fourth-order valence-electron chi connectivity index (χ4n) is 3.02. The van der Waals surface area contributed by atoms with Crippen LogP contribution in [0.1, 0.15) is 37.9 Å². The maximum absolute atomic E-state index is 11.6. The molecule has 0 radical (unpaired) electrons. The van der Waals surface area contributed by atoms with Crippen molar-refractivity contribution in [2.45, 2.75) is 45.6 Å². The van der Waals surface area contributed by atoms with E-state index >= 15 is 0 Å². The second-order valence-electron chi connectivity index (χ2n) is 6.55. The van der Waals surface area contributed by atoms with E-state index in [1.165, 1.54) is 0 Å². The van der Waals surface area contributed by atoms with E-state index in [9.17, 15) is 9.90 Å². The molecule has 6 heteroatoms. The first-order valence-electron chi connectivity index (χ1n) is 8.35. The number of aromatic nitrogens is 3. The highest BCUT2D eigenvalue weighted by atomic mass is 16.4. The van der Waals surface area contributed by atoms with Crippen molar-refractivity contribution in [3.8, 4) is 11.5 Å². The SMILES string of the molecule is CC(C)C[C@@H](Nc1nc(-c2ccccn2)nc2c1CCC2)C(=O)O. The number of rotatable bonds is 6. The molecule has 0 unspecified atom stereocenters. The molecular weight excluding hydrogens is 304 g/mol. The third-order valence-corrected chi connectivity index (χ3v) is 4.14. The fourth-order valence-corrected chi connectivity index (χ4v) is 3.02. The van der Waals surface area contributed by atoms with E-state index in [2.05, 4.69) is 20.3 Å². The highest BCUT2D eigenvalue weighted by Crippen LogP contribution is 2.29. The van der Waals surface area contributed by atoms with Crippen LogP contribution in [0.3, 0.4) is 0 Å². The first-order chi connectivity index (χ1) is 11.5. The zero-order valence-corrected chi connectivity index (χ0v) is 14.0. The minimum absolute atomic E-state index is 0.281. The average Bonchev–Trinajstić information content (AvgIpc) is 3.03. The lowest BCUT2D eigenvalue weighted by atomic mass is 10.0. The number of hydrogen-bond donors (Lipinski definition) is 2. The third-order valence-electron chi connectivity index (χ3n) is 4.14. The van der Waals surface area contributed by atoms with Gasteiger partial charge in [0.05, 0.1) is 0 Å². The first kappa shape index (κ1) is 16.4. The van der Waals surface area contributed by atoms with E-state index in [0.29, 0.717) is 23.8 Å². The Morgan fingerprint density at radius 3 is 2.79 bits per heavy atom. The predicted molar refractivity (Wildman–Crippen MR) is 91.8 cm³/mol. The van der Waals surface area contributed by atoms with Gasteiger partial charge in [0.2, 0.25) is 0 Å². The summed E-state index contributed by atoms with van der Waals surface area (Å²) in [5.41, 5.74) is 2.75. The number of aliphatic carboxylic acids is 1. The fraction of sp³-hybridized carbons (Fsp3) is 0.444. The Labute approximate surface area is 141 Å². The molecular formula is C18H22N4O2. The van der Waals surface area contributed by atoms with E-state index in [4.69, 9.17) is 0 Å². The van der Waals surface area contributed by atoms with Crippen LogP contribution in [0.15, 0.2) is 24.4 Å². The summed E-state index contributed by atoms with van der Waals surface area (Å²) in [7, 11) is 0. The highest BCUT2D eigenvalue weighted by Gasteiger charge is 2.25. The van der Waals surface area contributed by atoms with Crippen molar-refractivity contribution in [1.82, 2.24) is 15.0 Å². The van der Waals surface area contributed by atoms with Gasteiger partial charge in [-0.05, 0) is 43.7 Å². The van der Waals surface area contributed by atoms with E-state index in [1.54, 1.807) is 6.20 Å². The Morgan fingerprint density at radius 2 is 2.12 bits per heavy atom. The maximum atomic E-state index is 11.6. The smallest absolute Gasteiger partial charge is 0.326 e. The van der Waals surface area contributed by atoms with Crippen molar-refractivity contribution in [1.29, 1.82) is 0 Å². The molecule has 0 bridgehead atoms. The lowest BCUT2D eigenvalue weighted by molar-refractivity contribution is -0.138. The molecule has 0 saturated carbocycles. The zero-order valence-electron chi connectivity index (χ0n) is 14.0. The molecule has 0 spiro atoms. The zero-order chi connectivity index (χ0) is 17.1. The molecule has 1 aliphatic carbocycles. The summed E-state index contributed by atoms with van der Waals surface area (Å²) < 4.78 is 0. The number of hydrogen-bond acceptors (Lipinski definition) is 5. The summed E-state index contributed by atoms with van der Waals surface area (Å²) in [6.07, 6.45) is 5.06. The number of fused-ring (bicyclic) bond motifs is 1. The lowest BCUT2D eigenvalue weighted by Crippen LogP contribution is -2.31. The first-order valence-corrected chi connectivity index (χ1v) is 8.35. The van der Waals surface area contributed by atoms with Gasteiger partial charge in [0.1, 0.15) is 17.6 Å². The Bertz CT molecular complexity index is 731. The molecule has 24 heavy (non-hydrogen) atoms. The second-order valence-corrected chi connectivity index (χ2v) is 6.55. The van der Waals surface area contributed by atoms with Crippen LogP contribution in [0, 0.1) is 5.92 Å². The summed E-state index contributed by atoms with van der Waals surface area (Å²) in [4.78, 5) is 25.1. The molecule has 6 nitrogen and oxygen atoms in total. The molecule has 126 valence electrons. The van der Waals surface area contributed by atoms with Gasteiger partial charge in [0, 0.05) is 17.5 Å². The number of pyridine rings is 1. The van der Waals surface area contributed by atoms with Gasteiger partial charge in [-0.1, -0.05) is 19.9 Å². The Hall–Kier alpha value is -2.50. The molecule has 2 N–H and O–H groups in total. The van der Waals surface area contributed by atoms with Crippen LogP contribution in [0.2, 0.25) is 0 Å². The normalized spacial score (nSPS) is 14.5. The summed E-state index contributed by atoms with van der Waals surface area (Å²) in [5.74, 6) is 0.621. The van der Waals surface area contributed by atoms with Gasteiger partial charge in [0.25, 0.3) is 0 Å². The van der Waals surface area contributed by atoms with Crippen molar-refractivity contribution in [3.05, 3.63) is 35.7 Å². The van der Waals surface area contributed by atoms with E-state index in [0.717, 1.165) is 30.5 Å². The Kier molecular flexibility index (Phi) is 4.74. The molecule has 2 aromatic heterocycles. The van der Waals surface area contributed by atoms with Gasteiger partial charge in [-0.25, -0.2) is 14.8 Å². The number of aryl methyl sites for hydroxylation is 1. The second kappa shape index (κ2) is 6.95. The monoisotopic (exact) mass is 326 g/mol. The van der Waals surface area contributed by atoms with Crippen LogP contribution >= 0.6 is 0 Å². The van der Waals surface area contributed by atoms with Gasteiger partial charge in [-0.2, -0.15) is 0 Å². The van der Waals surface area contributed by atoms with Crippen LogP contribution in [-0.4, -0.2) is 32.1 Å². The number of carboxylic acids is 1. The van der Waals surface area contributed by atoms with Crippen LogP contribution in [0.4, 0.5) is 5.82 Å². The summed E-state index contributed by atoms with van der Waals surface area (Å²) in [6, 6.07) is 4.95. The molecule has 2 aromatic rings. The van der Waals surface area contributed by atoms with Gasteiger partial charge >= 0.3 is 5.97 Å². The average molecular weight is 326 g/mol. The highest BCUT2D eigenvalue weighted by molar-refractivity contribution is 5.77. The molecule has 0 fully saturated rings. The van der Waals surface area contributed by atoms with Crippen molar-refractivity contribution >= 4 is 11.8 Å². The summed E-state index contributed by atoms with van der Waals surface area (Å²) in [5, 5.41) is 12.6. The van der Waals surface area contributed by atoms with Gasteiger partial charge in [0.15, 0.2) is 5.82 Å². The predicted octanol–water partition coefficient (Wildman–Crippen LogP) is 2.94. The summed E-state index contributed by atoms with van der Waals surface area (Å²) in [6.45, 7) is 4.03. The third kappa shape index (κ3) is 3.53. The van der Waals surface area contributed by atoms with E-state index in [1.807, 2.05) is 32.0 Å². The number of carbonyl (C=O) groups is 1. The molecule has 1 atom stereocenters. The minimum atomic E-state index is -0.853. The number of nitrogens with one attached hydrogen (secondary N) is 1. The maximum Gasteiger partial charge on any atom is 0.326 e. The van der Waals surface area contributed by atoms with Gasteiger partial charge in [-0.3, -0.25) is 4.98 Å². The van der Waals surface area contributed by atoms with Crippen LogP contribution in [0.25, 0.3) is 11.5 Å². The molecule has 1 aliphatic rings. The lowest BCUT2D eigenvalue weighted by Gasteiger charge is -2.19. The van der Waals surface area contributed by atoms with Crippen molar-refractivity contribution in [3.63, 3.8) is 0 Å². The van der Waals surface area contributed by atoms with Crippen LogP contribution in [-0.2, 0) is 17.6 Å².